The van der Waals surface area contributed by atoms with E-state index in [4.69, 9.17) is 0 Å². The summed E-state index contributed by atoms with van der Waals surface area (Å²) < 4.78 is 0. The summed E-state index contributed by atoms with van der Waals surface area (Å²) in [4.78, 5) is 26.3. The summed E-state index contributed by atoms with van der Waals surface area (Å²) >= 11 is 0. The average molecular weight is 364 g/mol. The van der Waals surface area contributed by atoms with Crippen LogP contribution in [-0.2, 0) is 22.6 Å². The number of nitrogens with zero attached hydrogens (tertiary/aromatic N) is 1. The smallest absolute Gasteiger partial charge is 0.227 e. The van der Waals surface area contributed by atoms with Crippen molar-refractivity contribution in [1.82, 2.24) is 5.32 Å². The first kappa shape index (κ1) is 19.2. The Kier molecular flexibility index (Phi) is 6.28. The molecule has 1 saturated carbocycles. The number of carbonyl (C=O) groups is 2. The van der Waals surface area contributed by atoms with Crippen LogP contribution in [0.1, 0.15) is 42.9 Å². The van der Waals surface area contributed by atoms with Crippen molar-refractivity contribution in [2.75, 3.05) is 11.4 Å². The predicted molar refractivity (Wildman–Crippen MR) is 109 cm³/mol. The molecular formula is C23H28N2O2. The molecule has 0 unspecified atom stereocenters. The zero-order valence-electron chi connectivity index (χ0n) is 16.2. The Hall–Kier alpha value is -2.62. The van der Waals surface area contributed by atoms with Crippen LogP contribution in [0, 0.1) is 12.8 Å². The Bertz CT molecular complexity index is 777. The van der Waals surface area contributed by atoms with E-state index >= 15 is 0 Å². The Morgan fingerprint density at radius 3 is 2.22 bits per heavy atom. The van der Waals surface area contributed by atoms with Crippen molar-refractivity contribution >= 4 is 17.5 Å². The van der Waals surface area contributed by atoms with Gasteiger partial charge in [-0.05, 0) is 48.9 Å². The number of nitrogens with one attached hydrogen (secondary N) is 1. The highest BCUT2D eigenvalue weighted by Gasteiger charge is 2.21. The number of amides is 2. The molecule has 0 radical (unpaired) electrons. The summed E-state index contributed by atoms with van der Waals surface area (Å²) in [5.41, 5.74) is 4.14. The largest absolute Gasteiger partial charge is 0.356 e. The van der Waals surface area contributed by atoms with Crippen LogP contribution < -0.4 is 10.2 Å². The van der Waals surface area contributed by atoms with Gasteiger partial charge in [-0.3, -0.25) is 9.59 Å². The van der Waals surface area contributed by atoms with Crippen LogP contribution in [-0.4, -0.2) is 18.4 Å². The summed E-state index contributed by atoms with van der Waals surface area (Å²) in [5, 5.41) is 2.99. The molecule has 0 atom stereocenters. The Balaban J connectivity index is 1.65. The highest BCUT2D eigenvalue weighted by atomic mass is 16.2. The maximum atomic E-state index is 12.5. The van der Waals surface area contributed by atoms with Crippen LogP contribution in [0.15, 0.2) is 48.5 Å². The standard InChI is InChI=1S/C23H28N2O2/c1-3-23(27)25(16-20-6-4-17(2)5-7-20)21-12-10-18(11-13-21)14-22(26)24-15-19-8-9-19/h4-7,10-13,19H,3,8-9,14-16H2,1-2H3,(H,24,26). The second-order valence-electron chi connectivity index (χ2n) is 7.41. The molecule has 1 aliphatic rings. The van der Waals surface area contributed by atoms with Crippen LogP contribution in [0.5, 0.6) is 0 Å². The molecule has 0 aliphatic heterocycles. The fourth-order valence-electron chi connectivity index (χ4n) is 3.01. The topological polar surface area (TPSA) is 49.4 Å². The van der Waals surface area contributed by atoms with Gasteiger partial charge in [-0.15, -0.1) is 0 Å². The number of benzene rings is 2. The van der Waals surface area contributed by atoms with E-state index in [9.17, 15) is 9.59 Å². The highest BCUT2D eigenvalue weighted by Crippen LogP contribution is 2.27. The van der Waals surface area contributed by atoms with Gasteiger partial charge in [0.05, 0.1) is 13.0 Å². The lowest BCUT2D eigenvalue weighted by atomic mass is 10.1. The fourth-order valence-corrected chi connectivity index (χ4v) is 3.01. The van der Waals surface area contributed by atoms with Gasteiger partial charge in [0.1, 0.15) is 0 Å². The number of carbonyl (C=O) groups excluding carboxylic acids is 2. The van der Waals surface area contributed by atoms with E-state index in [-0.39, 0.29) is 11.8 Å². The quantitative estimate of drug-likeness (QED) is 0.769. The third kappa shape index (κ3) is 5.68. The van der Waals surface area contributed by atoms with Crippen molar-refractivity contribution in [1.29, 1.82) is 0 Å². The van der Waals surface area contributed by atoms with Crippen LogP contribution in [0.2, 0.25) is 0 Å². The molecule has 142 valence electrons. The van der Waals surface area contributed by atoms with Crippen molar-refractivity contribution in [3.8, 4) is 0 Å². The Morgan fingerprint density at radius 2 is 1.63 bits per heavy atom. The van der Waals surface area contributed by atoms with Crippen LogP contribution in [0.25, 0.3) is 0 Å². The van der Waals surface area contributed by atoms with Gasteiger partial charge < -0.3 is 10.2 Å². The van der Waals surface area contributed by atoms with Crippen molar-refractivity contribution in [3.05, 3.63) is 65.2 Å². The zero-order valence-corrected chi connectivity index (χ0v) is 16.2. The van der Waals surface area contributed by atoms with Gasteiger partial charge in [-0.2, -0.15) is 0 Å². The average Bonchev–Trinajstić information content (AvgIpc) is 3.51. The summed E-state index contributed by atoms with van der Waals surface area (Å²) in [6.07, 6.45) is 3.30. The van der Waals surface area contributed by atoms with E-state index in [1.807, 2.05) is 36.1 Å². The van der Waals surface area contributed by atoms with E-state index in [0.717, 1.165) is 23.4 Å². The van der Waals surface area contributed by atoms with Gasteiger partial charge in [0.2, 0.25) is 11.8 Å². The molecule has 0 bridgehead atoms. The number of anilines is 1. The summed E-state index contributed by atoms with van der Waals surface area (Å²) in [7, 11) is 0. The lowest BCUT2D eigenvalue weighted by molar-refractivity contribution is -0.120. The number of hydrogen-bond acceptors (Lipinski definition) is 2. The first-order valence-electron chi connectivity index (χ1n) is 9.76. The molecule has 2 aromatic rings. The SMILES string of the molecule is CCC(=O)N(Cc1ccc(C)cc1)c1ccc(CC(=O)NCC2CC2)cc1. The van der Waals surface area contributed by atoms with E-state index in [1.54, 1.807) is 0 Å². The molecular weight excluding hydrogens is 336 g/mol. The third-order valence-corrected chi connectivity index (χ3v) is 4.96. The minimum Gasteiger partial charge on any atom is -0.356 e. The van der Waals surface area contributed by atoms with Crippen molar-refractivity contribution in [2.24, 2.45) is 5.92 Å². The van der Waals surface area contributed by atoms with Gasteiger partial charge in [0, 0.05) is 18.7 Å². The highest BCUT2D eigenvalue weighted by molar-refractivity contribution is 5.93. The lowest BCUT2D eigenvalue weighted by Crippen LogP contribution is -2.29. The molecule has 1 N–H and O–H groups in total. The zero-order chi connectivity index (χ0) is 19.2. The molecule has 27 heavy (non-hydrogen) atoms. The number of aryl methyl sites for hydroxylation is 1. The van der Waals surface area contributed by atoms with Gasteiger partial charge in [-0.1, -0.05) is 48.9 Å². The maximum Gasteiger partial charge on any atom is 0.227 e. The molecule has 0 saturated heterocycles. The van der Waals surface area contributed by atoms with Gasteiger partial charge in [0.15, 0.2) is 0 Å². The van der Waals surface area contributed by atoms with Crippen molar-refractivity contribution < 1.29 is 9.59 Å². The molecule has 1 aliphatic carbocycles. The van der Waals surface area contributed by atoms with E-state index in [2.05, 4.69) is 36.5 Å². The maximum absolute atomic E-state index is 12.5. The van der Waals surface area contributed by atoms with E-state index in [0.29, 0.717) is 25.3 Å². The molecule has 1 fully saturated rings. The molecule has 0 aromatic heterocycles. The predicted octanol–water partition coefficient (Wildman–Crippen LogP) is 4.01. The van der Waals surface area contributed by atoms with Crippen molar-refractivity contribution in [3.63, 3.8) is 0 Å². The third-order valence-electron chi connectivity index (χ3n) is 4.96. The molecule has 3 rings (SSSR count). The van der Waals surface area contributed by atoms with E-state index < -0.39 is 0 Å². The van der Waals surface area contributed by atoms with Crippen LogP contribution >= 0.6 is 0 Å². The lowest BCUT2D eigenvalue weighted by Gasteiger charge is -2.23. The molecule has 4 heteroatoms. The summed E-state index contributed by atoms with van der Waals surface area (Å²) in [5.74, 6) is 0.841. The van der Waals surface area contributed by atoms with E-state index in [1.165, 1.54) is 18.4 Å². The normalized spacial score (nSPS) is 13.3. The van der Waals surface area contributed by atoms with Crippen LogP contribution in [0.4, 0.5) is 5.69 Å². The second kappa shape index (κ2) is 8.85. The molecule has 0 heterocycles. The summed E-state index contributed by atoms with van der Waals surface area (Å²) in [6, 6.07) is 16.0. The minimum atomic E-state index is 0.0656. The first-order chi connectivity index (χ1) is 13.0. The molecule has 2 amide bonds. The Labute approximate surface area is 161 Å². The summed E-state index contributed by atoms with van der Waals surface area (Å²) in [6.45, 7) is 5.28. The minimum absolute atomic E-state index is 0.0656. The van der Waals surface area contributed by atoms with Gasteiger partial charge in [0.25, 0.3) is 0 Å². The first-order valence-corrected chi connectivity index (χ1v) is 9.76. The van der Waals surface area contributed by atoms with Gasteiger partial charge in [-0.25, -0.2) is 0 Å². The van der Waals surface area contributed by atoms with Gasteiger partial charge >= 0.3 is 0 Å². The number of rotatable bonds is 8. The monoisotopic (exact) mass is 364 g/mol. The molecule has 4 nitrogen and oxygen atoms in total. The second-order valence-corrected chi connectivity index (χ2v) is 7.41. The van der Waals surface area contributed by atoms with Crippen LogP contribution in [0.3, 0.4) is 0 Å². The number of hydrogen-bond donors (Lipinski definition) is 1. The van der Waals surface area contributed by atoms with Crippen molar-refractivity contribution in [2.45, 2.75) is 46.1 Å². The molecule has 0 spiro atoms. The Morgan fingerprint density at radius 1 is 1.00 bits per heavy atom. The fraction of sp³-hybridized carbons (Fsp3) is 0.391. The molecule has 2 aromatic carbocycles.